The van der Waals surface area contributed by atoms with E-state index in [-0.39, 0.29) is 16.8 Å². The Hall–Kier alpha value is -3.86. The number of carbonyl (C=O) groups is 1. The van der Waals surface area contributed by atoms with Gasteiger partial charge in [0.25, 0.3) is 11.5 Å². The molecule has 0 spiro atoms. The van der Waals surface area contributed by atoms with E-state index in [4.69, 9.17) is 5.26 Å². The topological polar surface area (TPSA) is 101 Å². The number of carbonyl (C=O) groups excluding carboxylic acids is 1. The Bertz CT molecular complexity index is 1120. The number of aryl methyl sites for hydroxylation is 2. The largest absolute Gasteiger partial charge is 0.305 e. The average molecular weight is 377 g/mol. The number of pyridine rings is 1. The van der Waals surface area contributed by atoms with Crippen molar-refractivity contribution in [3.63, 3.8) is 0 Å². The molecule has 2 heterocycles. The number of hydrogen-bond acceptors (Lipinski definition) is 5. The summed E-state index contributed by atoms with van der Waals surface area (Å²) in [6, 6.07) is 10.9. The number of nitriles is 1. The number of aromatic nitrogens is 3. The van der Waals surface area contributed by atoms with Crippen molar-refractivity contribution in [2.45, 2.75) is 13.3 Å². The summed E-state index contributed by atoms with van der Waals surface area (Å²) in [4.78, 5) is 28.2. The maximum absolute atomic E-state index is 13.5. The van der Waals surface area contributed by atoms with Gasteiger partial charge in [-0.3, -0.25) is 9.59 Å². The Balaban J connectivity index is 1.73. The van der Waals surface area contributed by atoms with Crippen LogP contribution < -0.4 is 10.9 Å². The van der Waals surface area contributed by atoms with Gasteiger partial charge in [0.2, 0.25) is 0 Å². The molecule has 3 rings (SSSR count). The van der Waals surface area contributed by atoms with Crippen molar-refractivity contribution in [2.24, 2.45) is 7.05 Å². The van der Waals surface area contributed by atoms with E-state index >= 15 is 0 Å². The summed E-state index contributed by atoms with van der Waals surface area (Å²) in [6.45, 7) is 1.61. The van der Waals surface area contributed by atoms with Gasteiger partial charge in [0.05, 0.1) is 11.6 Å². The van der Waals surface area contributed by atoms with Crippen LogP contribution in [0, 0.1) is 24.1 Å². The summed E-state index contributed by atoms with van der Waals surface area (Å²) in [5.41, 5.74) is 1.96. The summed E-state index contributed by atoms with van der Waals surface area (Å²) < 4.78 is 14.6. The van der Waals surface area contributed by atoms with Crippen molar-refractivity contribution in [1.82, 2.24) is 14.8 Å². The Kier molecular flexibility index (Phi) is 5.27. The first-order valence-electron chi connectivity index (χ1n) is 8.36. The lowest BCUT2D eigenvalue weighted by atomic mass is 10.0. The molecule has 0 saturated carbocycles. The van der Waals surface area contributed by atoms with Gasteiger partial charge >= 0.3 is 0 Å². The molecule has 0 radical (unpaired) electrons. The van der Waals surface area contributed by atoms with Gasteiger partial charge in [-0.1, -0.05) is 6.07 Å². The minimum Gasteiger partial charge on any atom is -0.305 e. The second kappa shape index (κ2) is 7.80. The second-order valence-corrected chi connectivity index (χ2v) is 6.28. The zero-order chi connectivity index (χ0) is 20.3. The molecule has 8 heteroatoms. The Morgan fingerprint density at radius 3 is 2.68 bits per heavy atom. The van der Waals surface area contributed by atoms with Crippen molar-refractivity contribution in [1.29, 1.82) is 5.26 Å². The van der Waals surface area contributed by atoms with Crippen LogP contribution >= 0.6 is 0 Å². The van der Waals surface area contributed by atoms with Crippen molar-refractivity contribution >= 4 is 11.7 Å². The third-order valence-corrected chi connectivity index (χ3v) is 4.04. The molecule has 1 N–H and O–H groups in total. The lowest BCUT2D eigenvalue weighted by Gasteiger charge is -2.07. The second-order valence-electron chi connectivity index (χ2n) is 6.28. The van der Waals surface area contributed by atoms with Crippen LogP contribution in [0.5, 0.6) is 0 Å². The van der Waals surface area contributed by atoms with Gasteiger partial charge < -0.3 is 5.32 Å². The zero-order valence-electron chi connectivity index (χ0n) is 15.2. The minimum absolute atomic E-state index is 0.106. The number of rotatable bonds is 4. The number of nitrogens with one attached hydrogen (secondary N) is 1. The number of hydrogen-bond donors (Lipinski definition) is 1. The summed E-state index contributed by atoms with van der Waals surface area (Å²) >= 11 is 0. The van der Waals surface area contributed by atoms with Gasteiger partial charge in [0, 0.05) is 18.8 Å². The van der Waals surface area contributed by atoms with Crippen LogP contribution in [0.3, 0.4) is 0 Å². The van der Waals surface area contributed by atoms with Gasteiger partial charge in [-0.2, -0.15) is 10.4 Å². The molecule has 0 fully saturated rings. The number of nitrogens with zero attached hydrogens (tertiary/aromatic N) is 4. The van der Waals surface area contributed by atoms with Crippen LogP contribution in [0.4, 0.5) is 10.2 Å². The summed E-state index contributed by atoms with van der Waals surface area (Å²) in [7, 11) is 1.48. The molecule has 0 aliphatic heterocycles. The molecule has 1 amide bonds. The normalized spacial score (nSPS) is 10.4. The van der Waals surface area contributed by atoms with Gasteiger partial charge in [0.1, 0.15) is 17.3 Å². The van der Waals surface area contributed by atoms with E-state index in [1.165, 1.54) is 25.2 Å². The molecular weight excluding hydrogens is 361 g/mol. The van der Waals surface area contributed by atoms with E-state index in [0.717, 1.165) is 10.2 Å². The van der Waals surface area contributed by atoms with Crippen molar-refractivity contribution in [3.8, 4) is 6.07 Å². The third kappa shape index (κ3) is 4.27. The molecule has 3 aromatic rings. The first-order valence-corrected chi connectivity index (χ1v) is 8.36. The average Bonchev–Trinajstić information content (AvgIpc) is 2.66. The monoisotopic (exact) mass is 377 g/mol. The first kappa shape index (κ1) is 18.9. The van der Waals surface area contributed by atoms with Gasteiger partial charge in [-0.05, 0) is 54.8 Å². The summed E-state index contributed by atoms with van der Waals surface area (Å²) in [6.07, 6.45) is 1.96. The van der Waals surface area contributed by atoms with E-state index in [0.29, 0.717) is 23.4 Å². The SMILES string of the molecule is Cc1cc(C(=O)Nc2ccc(Cc3cc(F)cc(C#N)c3)cn2)nn(C)c1=O. The van der Waals surface area contributed by atoms with Crippen LogP contribution in [0.15, 0.2) is 47.4 Å². The van der Waals surface area contributed by atoms with E-state index in [1.54, 1.807) is 31.3 Å². The molecule has 0 unspecified atom stereocenters. The molecular formula is C20H16FN5O2. The molecule has 0 aliphatic carbocycles. The summed E-state index contributed by atoms with van der Waals surface area (Å²) in [5.74, 6) is -0.632. The van der Waals surface area contributed by atoms with Crippen LogP contribution in [0.25, 0.3) is 0 Å². The minimum atomic E-state index is -0.484. The number of benzene rings is 1. The van der Waals surface area contributed by atoms with E-state index in [9.17, 15) is 14.0 Å². The maximum Gasteiger partial charge on any atom is 0.277 e. The zero-order valence-corrected chi connectivity index (χ0v) is 15.2. The predicted molar refractivity (Wildman–Crippen MR) is 100 cm³/mol. The molecule has 0 saturated heterocycles. The standard InChI is InChI=1S/C20H16FN5O2/c1-12-5-17(25-26(2)20(12)28)19(27)24-18-4-3-13(11-23-18)6-14-7-15(10-22)9-16(21)8-14/h3-5,7-9,11H,6H2,1-2H3,(H,23,24,27). The van der Waals surface area contributed by atoms with Gasteiger partial charge in [0.15, 0.2) is 0 Å². The molecule has 0 aliphatic rings. The molecule has 0 atom stereocenters. The Morgan fingerprint density at radius 2 is 2.04 bits per heavy atom. The smallest absolute Gasteiger partial charge is 0.277 e. The highest BCUT2D eigenvalue weighted by atomic mass is 19.1. The highest BCUT2D eigenvalue weighted by Gasteiger charge is 2.12. The van der Waals surface area contributed by atoms with E-state index < -0.39 is 11.7 Å². The van der Waals surface area contributed by atoms with Gasteiger partial charge in [-0.15, -0.1) is 0 Å². The number of amides is 1. The number of anilines is 1. The predicted octanol–water partition coefficient (Wildman–Crippen LogP) is 2.34. The lowest BCUT2D eigenvalue weighted by Crippen LogP contribution is -2.26. The molecule has 7 nitrogen and oxygen atoms in total. The molecule has 28 heavy (non-hydrogen) atoms. The van der Waals surface area contributed by atoms with Crippen molar-refractivity contribution in [3.05, 3.63) is 86.7 Å². The van der Waals surface area contributed by atoms with E-state index in [1.807, 2.05) is 6.07 Å². The van der Waals surface area contributed by atoms with Crippen LogP contribution in [-0.2, 0) is 13.5 Å². The quantitative estimate of drug-likeness (QED) is 0.752. The Morgan fingerprint density at radius 1 is 1.25 bits per heavy atom. The third-order valence-electron chi connectivity index (χ3n) is 4.04. The highest BCUT2D eigenvalue weighted by Crippen LogP contribution is 2.15. The number of halogens is 1. The molecule has 2 aromatic heterocycles. The van der Waals surface area contributed by atoms with Crippen LogP contribution in [0.2, 0.25) is 0 Å². The molecule has 140 valence electrons. The maximum atomic E-state index is 13.5. The van der Waals surface area contributed by atoms with Crippen LogP contribution in [0.1, 0.15) is 32.7 Å². The van der Waals surface area contributed by atoms with Gasteiger partial charge in [-0.25, -0.2) is 14.1 Å². The lowest BCUT2D eigenvalue weighted by molar-refractivity contribution is 0.101. The van der Waals surface area contributed by atoms with Crippen molar-refractivity contribution < 1.29 is 9.18 Å². The first-order chi connectivity index (χ1) is 13.4. The molecule has 0 bridgehead atoms. The summed E-state index contributed by atoms with van der Waals surface area (Å²) in [5, 5.41) is 15.5. The molecule has 1 aromatic carbocycles. The van der Waals surface area contributed by atoms with Crippen LogP contribution in [-0.4, -0.2) is 20.7 Å². The fourth-order valence-electron chi connectivity index (χ4n) is 2.70. The van der Waals surface area contributed by atoms with E-state index in [2.05, 4.69) is 15.4 Å². The fourth-order valence-corrected chi connectivity index (χ4v) is 2.70. The van der Waals surface area contributed by atoms with Crippen molar-refractivity contribution in [2.75, 3.05) is 5.32 Å². The fraction of sp³-hybridized carbons (Fsp3) is 0.150. The highest BCUT2D eigenvalue weighted by molar-refractivity contribution is 6.02. The Labute approximate surface area is 160 Å².